The lowest BCUT2D eigenvalue weighted by Gasteiger charge is -1.96. The van der Waals surface area contributed by atoms with Gasteiger partial charge in [0.05, 0.1) is 0 Å². The molecule has 0 rings (SSSR count). The molecular weight excluding hydrogens is 196 g/mol. The molecule has 0 aliphatic heterocycles. The van der Waals surface area contributed by atoms with Crippen LogP contribution in [0.5, 0.6) is 0 Å². The summed E-state index contributed by atoms with van der Waals surface area (Å²) in [6.45, 7) is 2.57. The molecule has 0 amide bonds. The van der Waals surface area contributed by atoms with Gasteiger partial charge in [-0.3, -0.25) is 0 Å². The molecule has 1 N–H and O–H groups in total. The van der Waals surface area contributed by atoms with Gasteiger partial charge in [0.1, 0.15) is 0 Å². The van der Waals surface area contributed by atoms with E-state index in [9.17, 15) is 0 Å². The molecule has 0 aliphatic carbocycles. The highest BCUT2D eigenvalue weighted by atomic mass is 16.2. The molecule has 0 aromatic heterocycles. The molecule has 0 aromatic carbocycles. The first-order chi connectivity index (χ1) is 7.91. The smallest absolute Gasteiger partial charge is 0.0431 e. The minimum Gasteiger partial charge on any atom is -0.396 e. The van der Waals surface area contributed by atoms with Crippen LogP contribution in [0.4, 0.5) is 0 Å². The first kappa shape index (κ1) is 15.4. The summed E-state index contributed by atoms with van der Waals surface area (Å²) in [5.74, 6) is 0. The fourth-order valence-corrected chi connectivity index (χ4v) is 1.58. The average Bonchev–Trinajstić information content (AvgIpc) is 2.31. The quantitative estimate of drug-likeness (QED) is 0.401. The van der Waals surface area contributed by atoms with E-state index in [0.29, 0.717) is 6.61 Å². The third-order valence-corrected chi connectivity index (χ3v) is 2.64. The topological polar surface area (TPSA) is 20.2 Å². The molecule has 0 fully saturated rings. The van der Waals surface area contributed by atoms with Gasteiger partial charge >= 0.3 is 0 Å². The van der Waals surface area contributed by atoms with Crippen LogP contribution < -0.4 is 0 Å². The Morgan fingerprint density at radius 2 is 1.31 bits per heavy atom. The lowest BCUT2D eigenvalue weighted by molar-refractivity contribution is 0.282. The van der Waals surface area contributed by atoms with Gasteiger partial charge in [-0.1, -0.05) is 63.3 Å². The normalized spacial score (nSPS) is 11.9. The van der Waals surface area contributed by atoms with Crippen molar-refractivity contribution in [1.29, 1.82) is 0 Å². The van der Waals surface area contributed by atoms with Crippen molar-refractivity contribution in [1.82, 2.24) is 0 Å². The summed E-state index contributed by atoms with van der Waals surface area (Å²) in [4.78, 5) is 0. The maximum absolute atomic E-state index is 8.61. The molecule has 0 heterocycles. The standard InChI is InChI=1S/C15H28O/c1-2-3-4-5-6-7-8-9-10-11-12-13-14-15-16/h5-8,16H,2-4,9-15H2,1H3/b6-5-,8-7+. The molecule has 94 valence electrons. The molecule has 0 saturated carbocycles. The van der Waals surface area contributed by atoms with Gasteiger partial charge in [0.25, 0.3) is 0 Å². The second-order valence-corrected chi connectivity index (χ2v) is 4.28. The summed E-state index contributed by atoms with van der Waals surface area (Å²) in [7, 11) is 0. The van der Waals surface area contributed by atoms with Crippen molar-refractivity contribution >= 4 is 0 Å². The lowest BCUT2D eigenvalue weighted by atomic mass is 10.1. The van der Waals surface area contributed by atoms with Crippen molar-refractivity contribution in [2.45, 2.75) is 64.7 Å². The Balaban J connectivity index is 3.12. The number of aliphatic hydroxyl groups is 1. The van der Waals surface area contributed by atoms with Crippen LogP contribution >= 0.6 is 0 Å². The largest absolute Gasteiger partial charge is 0.396 e. The Morgan fingerprint density at radius 1 is 0.750 bits per heavy atom. The number of aliphatic hydroxyl groups excluding tert-OH is 1. The zero-order chi connectivity index (χ0) is 11.9. The maximum atomic E-state index is 8.61. The van der Waals surface area contributed by atoms with Crippen molar-refractivity contribution in [3.63, 3.8) is 0 Å². The van der Waals surface area contributed by atoms with E-state index in [4.69, 9.17) is 5.11 Å². The Morgan fingerprint density at radius 3 is 1.94 bits per heavy atom. The molecule has 0 saturated heterocycles. The summed E-state index contributed by atoms with van der Waals surface area (Å²) >= 11 is 0. The molecule has 0 atom stereocenters. The zero-order valence-corrected chi connectivity index (χ0v) is 10.8. The number of unbranched alkanes of at least 4 members (excludes halogenated alkanes) is 7. The fourth-order valence-electron chi connectivity index (χ4n) is 1.58. The van der Waals surface area contributed by atoms with Gasteiger partial charge in [0.2, 0.25) is 0 Å². The third-order valence-electron chi connectivity index (χ3n) is 2.64. The third kappa shape index (κ3) is 13.4. The first-order valence-electron chi connectivity index (χ1n) is 6.84. The molecule has 0 aliphatic rings. The number of allylic oxidation sites excluding steroid dienone is 4. The van der Waals surface area contributed by atoms with E-state index >= 15 is 0 Å². The SMILES string of the molecule is CCCC/C=C\C=C\CCCCCCCO. The van der Waals surface area contributed by atoms with Gasteiger partial charge in [-0.2, -0.15) is 0 Å². The molecule has 0 bridgehead atoms. The van der Waals surface area contributed by atoms with Crippen LogP contribution in [-0.4, -0.2) is 11.7 Å². The van der Waals surface area contributed by atoms with Crippen LogP contribution in [0.15, 0.2) is 24.3 Å². The number of rotatable bonds is 11. The summed E-state index contributed by atoms with van der Waals surface area (Å²) in [5, 5.41) is 8.61. The van der Waals surface area contributed by atoms with Gasteiger partial charge < -0.3 is 5.11 Å². The summed E-state index contributed by atoms with van der Waals surface area (Å²) < 4.78 is 0. The van der Waals surface area contributed by atoms with Crippen LogP contribution in [0.25, 0.3) is 0 Å². The maximum Gasteiger partial charge on any atom is 0.0431 e. The highest BCUT2D eigenvalue weighted by Gasteiger charge is 1.87. The van der Waals surface area contributed by atoms with Crippen molar-refractivity contribution < 1.29 is 5.11 Å². The second-order valence-electron chi connectivity index (χ2n) is 4.28. The summed E-state index contributed by atoms with van der Waals surface area (Å²) in [5.41, 5.74) is 0. The molecule has 1 heteroatoms. The van der Waals surface area contributed by atoms with Gasteiger partial charge in [0, 0.05) is 6.61 Å². The lowest BCUT2D eigenvalue weighted by Crippen LogP contribution is -1.82. The molecule has 0 radical (unpaired) electrons. The molecular formula is C15H28O. The summed E-state index contributed by atoms with van der Waals surface area (Å²) in [6, 6.07) is 0. The van der Waals surface area contributed by atoms with Gasteiger partial charge in [-0.25, -0.2) is 0 Å². The monoisotopic (exact) mass is 224 g/mol. The van der Waals surface area contributed by atoms with Gasteiger partial charge in [-0.15, -0.1) is 0 Å². The van der Waals surface area contributed by atoms with Crippen molar-refractivity contribution in [2.24, 2.45) is 0 Å². The van der Waals surface area contributed by atoms with E-state index in [1.807, 2.05) is 0 Å². The van der Waals surface area contributed by atoms with E-state index in [2.05, 4.69) is 31.2 Å². The van der Waals surface area contributed by atoms with Gasteiger partial charge in [0.15, 0.2) is 0 Å². The Bertz CT molecular complexity index is 170. The number of hydrogen-bond acceptors (Lipinski definition) is 1. The van der Waals surface area contributed by atoms with Crippen molar-refractivity contribution in [2.75, 3.05) is 6.61 Å². The van der Waals surface area contributed by atoms with Crippen LogP contribution in [0.3, 0.4) is 0 Å². The van der Waals surface area contributed by atoms with E-state index in [1.165, 1.54) is 51.4 Å². The summed E-state index contributed by atoms with van der Waals surface area (Å²) in [6.07, 6.45) is 19.8. The molecule has 0 spiro atoms. The van der Waals surface area contributed by atoms with E-state index in [0.717, 1.165) is 6.42 Å². The first-order valence-corrected chi connectivity index (χ1v) is 6.84. The van der Waals surface area contributed by atoms with E-state index < -0.39 is 0 Å². The van der Waals surface area contributed by atoms with Crippen LogP contribution in [0.1, 0.15) is 64.7 Å². The fraction of sp³-hybridized carbons (Fsp3) is 0.733. The molecule has 1 nitrogen and oxygen atoms in total. The van der Waals surface area contributed by atoms with E-state index in [1.54, 1.807) is 0 Å². The zero-order valence-electron chi connectivity index (χ0n) is 10.8. The van der Waals surface area contributed by atoms with Crippen molar-refractivity contribution in [3.8, 4) is 0 Å². The van der Waals surface area contributed by atoms with Crippen LogP contribution in [-0.2, 0) is 0 Å². The Labute approximate surface area is 101 Å². The molecule has 0 aromatic rings. The average molecular weight is 224 g/mol. The highest BCUT2D eigenvalue weighted by Crippen LogP contribution is 2.05. The van der Waals surface area contributed by atoms with Crippen molar-refractivity contribution in [3.05, 3.63) is 24.3 Å². The Kier molecular flexibility index (Phi) is 13.9. The van der Waals surface area contributed by atoms with Gasteiger partial charge in [-0.05, 0) is 25.7 Å². The Hall–Kier alpha value is -0.560. The van der Waals surface area contributed by atoms with Crippen LogP contribution in [0.2, 0.25) is 0 Å². The van der Waals surface area contributed by atoms with E-state index in [-0.39, 0.29) is 0 Å². The predicted molar refractivity (Wildman–Crippen MR) is 72.6 cm³/mol. The molecule has 0 unspecified atom stereocenters. The predicted octanol–water partition coefficient (Wildman–Crippen LogP) is 4.62. The van der Waals surface area contributed by atoms with Crippen LogP contribution in [0, 0.1) is 0 Å². The minimum absolute atomic E-state index is 0.350. The second kappa shape index (κ2) is 14.4. The minimum atomic E-state index is 0.350. The highest BCUT2D eigenvalue weighted by molar-refractivity contribution is 5.02. The molecule has 16 heavy (non-hydrogen) atoms. The number of hydrogen-bond donors (Lipinski definition) is 1.